The van der Waals surface area contributed by atoms with Gasteiger partial charge in [-0.3, -0.25) is 9.59 Å². The predicted molar refractivity (Wildman–Crippen MR) is 120 cm³/mol. The van der Waals surface area contributed by atoms with Crippen molar-refractivity contribution in [2.75, 3.05) is 0 Å². The molecule has 0 fully saturated rings. The highest BCUT2D eigenvalue weighted by Gasteiger charge is 2.45. The van der Waals surface area contributed by atoms with E-state index in [1.807, 2.05) is 28.7 Å². The first-order valence-corrected chi connectivity index (χ1v) is 10.9. The van der Waals surface area contributed by atoms with Crippen LogP contribution in [-0.4, -0.2) is 30.6 Å². The summed E-state index contributed by atoms with van der Waals surface area (Å²) in [6.45, 7) is 1.93. The molecule has 8 nitrogen and oxygen atoms in total. The Morgan fingerprint density at radius 1 is 1.13 bits per heavy atom. The number of rotatable bonds is 1. The Hall–Kier alpha value is -2.95. The molecular formula is C22H18IN3O5. The SMILES string of the molecule is Cc1cccc(C2C3=CCn4c(=O)n(C)c(=O)n4C3CC3=C2C(=O)C(I)=CC3=O)c1O. The maximum Gasteiger partial charge on any atom is 0.347 e. The lowest BCUT2D eigenvalue weighted by molar-refractivity contribution is -0.115. The molecule has 5 rings (SSSR count). The van der Waals surface area contributed by atoms with Crippen molar-refractivity contribution in [2.24, 2.45) is 7.05 Å². The third kappa shape index (κ3) is 2.65. The number of carbonyl (C=O) groups excluding carboxylic acids is 2. The number of aryl methyl sites for hydroxylation is 1. The van der Waals surface area contributed by atoms with Crippen LogP contribution in [0.3, 0.4) is 0 Å². The van der Waals surface area contributed by atoms with Gasteiger partial charge in [-0.1, -0.05) is 24.3 Å². The number of carbonyl (C=O) groups is 2. The van der Waals surface area contributed by atoms with Gasteiger partial charge in [-0.05, 0) is 40.7 Å². The number of ketones is 2. The van der Waals surface area contributed by atoms with E-state index in [4.69, 9.17) is 0 Å². The van der Waals surface area contributed by atoms with E-state index in [-0.39, 0.29) is 30.3 Å². The summed E-state index contributed by atoms with van der Waals surface area (Å²) in [6.07, 6.45) is 3.29. The van der Waals surface area contributed by atoms with Gasteiger partial charge in [-0.25, -0.2) is 23.5 Å². The van der Waals surface area contributed by atoms with E-state index >= 15 is 0 Å². The molecule has 2 aromatic rings. The van der Waals surface area contributed by atoms with Crippen molar-refractivity contribution in [2.45, 2.75) is 31.8 Å². The summed E-state index contributed by atoms with van der Waals surface area (Å²) in [6, 6.07) is 4.69. The van der Waals surface area contributed by atoms with Gasteiger partial charge in [0.1, 0.15) is 5.75 Å². The number of Topliss-reactive ketones (excluding diaryl/α,β-unsaturated/α-hetero) is 1. The number of para-hydroxylation sites is 1. The predicted octanol–water partition coefficient (Wildman–Crippen LogP) is 1.80. The monoisotopic (exact) mass is 531 g/mol. The van der Waals surface area contributed by atoms with E-state index < -0.39 is 23.3 Å². The second kappa shape index (κ2) is 6.78. The Bertz CT molecular complexity index is 1420. The number of benzene rings is 1. The molecule has 2 atom stereocenters. The van der Waals surface area contributed by atoms with Crippen LogP contribution in [0.25, 0.3) is 0 Å². The van der Waals surface area contributed by atoms with E-state index in [0.717, 1.165) is 10.1 Å². The number of aromatic nitrogens is 3. The molecule has 0 spiro atoms. The number of halogens is 1. The molecule has 0 radical (unpaired) electrons. The number of hydrogen-bond acceptors (Lipinski definition) is 5. The third-order valence-electron chi connectivity index (χ3n) is 6.37. The molecule has 3 aliphatic rings. The highest BCUT2D eigenvalue weighted by molar-refractivity contribution is 14.1. The normalized spacial score (nSPS) is 22.5. The molecule has 1 aromatic heterocycles. The third-order valence-corrected chi connectivity index (χ3v) is 7.17. The summed E-state index contributed by atoms with van der Waals surface area (Å²) >= 11 is 1.86. The average Bonchev–Trinajstić information content (AvgIpc) is 2.97. The molecule has 2 heterocycles. The van der Waals surface area contributed by atoms with Gasteiger partial charge in [0.25, 0.3) is 0 Å². The molecule has 0 amide bonds. The van der Waals surface area contributed by atoms with Crippen LogP contribution >= 0.6 is 22.6 Å². The van der Waals surface area contributed by atoms with Gasteiger partial charge < -0.3 is 5.11 Å². The zero-order valence-corrected chi connectivity index (χ0v) is 18.9. The Labute approximate surface area is 189 Å². The van der Waals surface area contributed by atoms with Crippen molar-refractivity contribution < 1.29 is 14.7 Å². The smallest absolute Gasteiger partial charge is 0.347 e. The van der Waals surface area contributed by atoms with Crippen molar-refractivity contribution in [1.29, 1.82) is 0 Å². The molecule has 2 unspecified atom stereocenters. The minimum atomic E-state index is -0.681. The highest BCUT2D eigenvalue weighted by Crippen LogP contribution is 2.51. The van der Waals surface area contributed by atoms with E-state index in [1.54, 1.807) is 25.1 Å². The van der Waals surface area contributed by atoms with Crippen LogP contribution in [-0.2, 0) is 23.2 Å². The van der Waals surface area contributed by atoms with E-state index in [2.05, 4.69) is 0 Å². The number of nitrogens with zero attached hydrogens (tertiary/aromatic N) is 3. The first-order valence-electron chi connectivity index (χ1n) is 9.78. The maximum atomic E-state index is 13.2. The Morgan fingerprint density at radius 2 is 1.87 bits per heavy atom. The molecule has 1 N–H and O–H groups in total. The average molecular weight is 531 g/mol. The van der Waals surface area contributed by atoms with Crippen molar-refractivity contribution in [1.82, 2.24) is 13.9 Å². The van der Waals surface area contributed by atoms with E-state index in [0.29, 0.717) is 25.9 Å². The molecule has 2 aliphatic carbocycles. The standard InChI is InChI=1S/C22H18IN3O5/c1-10-4-3-5-12(19(10)28)17-11-6-7-25-21(30)24(2)22(31)26(25)15(11)8-13-16(27)9-14(23)20(29)18(13)17/h3-6,9,15,17,28H,7-8H2,1-2H3. The summed E-state index contributed by atoms with van der Waals surface area (Å²) in [4.78, 5) is 51.5. The van der Waals surface area contributed by atoms with E-state index in [9.17, 15) is 24.3 Å². The largest absolute Gasteiger partial charge is 0.507 e. The Kier molecular flexibility index (Phi) is 4.37. The summed E-state index contributed by atoms with van der Waals surface area (Å²) < 4.78 is 4.09. The maximum absolute atomic E-state index is 13.2. The fraction of sp³-hybridized carbons (Fsp3) is 0.273. The van der Waals surface area contributed by atoms with Crippen molar-refractivity contribution in [3.8, 4) is 5.75 Å². The fourth-order valence-corrected chi connectivity index (χ4v) is 5.42. The zero-order chi connectivity index (χ0) is 22.2. The summed E-state index contributed by atoms with van der Waals surface area (Å²) in [5.41, 5.74) is 1.66. The van der Waals surface area contributed by atoms with Crippen LogP contribution in [0.4, 0.5) is 0 Å². The van der Waals surface area contributed by atoms with Gasteiger partial charge in [-0.2, -0.15) is 0 Å². The number of aromatic hydroxyl groups is 1. The van der Waals surface area contributed by atoms with Gasteiger partial charge in [0.2, 0.25) is 0 Å². The lowest BCUT2D eigenvalue weighted by Gasteiger charge is -2.39. The highest BCUT2D eigenvalue weighted by atomic mass is 127. The van der Waals surface area contributed by atoms with Gasteiger partial charge in [0.05, 0.1) is 16.2 Å². The van der Waals surface area contributed by atoms with Crippen LogP contribution in [0.2, 0.25) is 0 Å². The van der Waals surface area contributed by atoms with Gasteiger partial charge >= 0.3 is 11.4 Å². The molecule has 158 valence electrons. The van der Waals surface area contributed by atoms with Crippen molar-refractivity contribution >= 4 is 34.2 Å². The number of hydrogen-bond donors (Lipinski definition) is 1. The summed E-state index contributed by atoms with van der Waals surface area (Å²) in [5.74, 6) is -1.16. The minimum absolute atomic E-state index is 0.0501. The van der Waals surface area contributed by atoms with Gasteiger partial charge in [0.15, 0.2) is 11.6 Å². The van der Waals surface area contributed by atoms with Gasteiger partial charge in [-0.15, -0.1) is 0 Å². The van der Waals surface area contributed by atoms with Crippen LogP contribution in [0.15, 0.2) is 60.2 Å². The molecule has 9 heteroatoms. The summed E-state index contributed by atoms with van der Waals surface area (Å²) in [7, 11) is 1.42. The second-order valence-electron chi connectivity index (χ2n) is 8.00. The number of phenolic OH excluding ortho intramolecular Hbond substituents is 1. The van der Waals surface area contributed by atoms with Crippen LogP contribution in [0.1, 0.15) is 29.5 Å². The molecule has 0 saturated carbocycles. The van der Waals surface area contributed by atoms with Crippen LogP contribution in [0, 0.1) is 6.92 Å². The second-order valence-corrected chi connectivity index (χ2v) is 9.16. The van der Waals surface area contributed by atoms with E-state index in [1.165, 1.54) is 22.5 Å². The number of allylic oxidation sites excluding steroid dienone is 6. The Balaban J connectivity index is 1.82. The van der Waals surface area contributed by atoms with Crippen LogP contribution in [0.5, 0.6) is 5.75 Å². The lowest BCUT2D eigenvalue weighted by atomic mass is 9.68. The zero-order valence-electron chi connectivity index (χ0n) is 16.8. The lowest BCUT2D eigenvalue weighted by Crippen LogP contribution is -2.40. The number of phenols is 1. The molecule has 1 aliphatic heterocycles. The topological polar surface area (TPSA) is 103 Å². The van der Waals surface area contributed by atoms with Crippen LogP contribution < -0.4 is 11.4 Å². The fourth-order valence-electron chi connectivity index (χ4n) is 4.85. The quantitative estimate of drug-likeness (QED) is 0.344. The van der Waals surface area contributed by atoms with Gasteiger partial charge in [0, 0.05) is 42.2 Å². The minimum Gasteiger partial charge on any atom is -0.507 e. The molecular weight excluding hydrogens is 513 g/mol. The summed E-state index contributed by atoms with van der Waals surface area (Å²) in [5, 5.41) is 10.9. The molecule has 31 heavy (non-hydrogen) atoms. The van der Waals surface area contributed by atoms with Crippen molar-refractivity contribution in [3.05, 3.63) is 82.7 Å². The molecule has 1 aromatic carbocycles. The first-order chi connectivity index (χ1) is 14.7. The molecule has 0 bridgehead atoms. The van der Waals surface area contributed by atoms with Crippen molar-refractivity contribution in [3.63, 3.8) is 0 Å². The number of fused-ring (bicyclic) bond motifs is 3. The first kappa shape index (κ1) is 20.0. The Morgan fingerprint density at radius 3 is 2.61 bits per heavy atom. The molecule has 0 saturated heterocycles.